The molecule has 0 saturated carbocycles. The van der Waals surface area contributed by atoms with Crippen molar-refractivity contribution < 1.29 is 0 Å². The Hall–Kier alpha value is -2.11. The van der Waals surface area contributed by atoms with Gasteiger partial charge in [-0.2, -0.15) is 0 Å². The van der Waals surface area contributed by atoms with Gasteiger partial charge in [0.2, 0.25) is 0 Å². The minimum atomic E-state index is 0.740. The zero-order valence-corrected chi connectivity index (χ0v) is 12.4. The Morgan fingerprint density at radius 2 is 1.95 bits per heavy atom. The molecule has 21 heavy (non-hydrogen) atoms. The van der Waals surface area contributed by atoms with E-state index in [0.29, 0.717) is 0 Å². The molecule has 0 saturated heterocycles. The van der Waals surface area contributed by atoms with Gasteiger partial charge in [-0.25, -0.2) is 4.98 Å². The Kier molecular flexibility index (Phi) is 4.66. The average Bonchev–Trinajstić information content (AvgIpc) is 3.02. The van der Waals surface area contributed by atoms with Crippen LogP contribution in [0, 0.1) is 0 Å². The Labute approximate surface area is 127 Å². The van der Waals surface area contributed by atoms with E-state index in [1.807, 2.05) is 18.2 Å². The van der Waals surface area contributed by atoms with Crippen LogP contribution in [0.4, 0.5) is 0 Å². The van der Waals surface area contributed by atoms with E-state index in [1.54, 1.807) is 29.9 Å². The second-order valence-corrected chi connectivity index (χ2v) is 5.49. The van der Waals surface area contributed by atoms with E-state index < -0.39 is 0 Å². The van der Waals surface area contributed by atoms with Gasteiger partial charge in [-0.3, -0.25) is 9.97 Å². The molecular weight excluding hydrogens is 280 g/mol. The highest BCUT2D eigenvalue weighted by atomic mass is 32.1. The van der Waals surface area contributed by atoms with Gasteiger partial charge >= 0.3 is 0 Å². The molecule has 0 unspecified atom stereocenters. The Bertz CT molecular complexity index is 667. The summed E-state index contributed by atoms with van der Waals surface area (Å²) in [5.74, 6) is 0. The third-order valence-electron chi connectivity index (χ3n) is 3.05. The van der Waals surface area contributed by atoms with Crippen LogP contribution in [0.15, 0.2) is 54.3 Å². The Morgan fingerprint density at radius 1 is 1.05 bits per heavy atom. The molecule has 2 aromatic heterocycles. The first-order chi connectivity index (χ1) is 10.4. The summed E-state index contributed by atoms with van der Waals surface area (Å²) in [5, 5.41) is 6.58. The van der Waals surface area contributed by atoms with Crippen LogP contribution in [0.3, 0.4) is 0 Å². The van der Waals surface area contributed by atoms with Gasteiger partial charge in [0, 0.05) is 49.0 Å². The van der Waals surface area contributed by atoms with Gasteiger partial charge in [0.05, 0.1) is 11.4 Å². The van der Waals surface area contributed by atoms with Gasteiger partial charge in [-0.15, -0.1) is 11.3 Å². The largest absolute Gasteiger partial charge is 0.311 e. The number of nitrogens with zero attached hydrogens (tertiary/aromatic N) is 3. The second-order valence-electron chi connectivity index (χ2n) is 4.63. The quantitative estimate of drug-likeness (QED) is 0.711. The molecule has 2 heterocycles. The summed E-state index contributed by atoms with van der Waals surface area (Å²) in [6.45, 7) is 1.62. The number of nitrogens with one attached hydrogen (secondary N) is 1. The molecule has 0 aliphatic heterocycles. The molecule has 3 aromatic rings. The lowest BCUT2D eigenvalue weighted by Gasteiger charge is -2.02. The molecule has 0 aliphatic carbocycles. The standard InChI is InChI=1S/C16H16N4S/c1-2-4-13(5-3-1)16-20-14(12-21-16)6-7-17-10-15-11-18-8-9-19-15/h1-5,8-9,11-12,17H,6-7,10H2. The summed E-state index contributed by atoms with van der Waals surface area (Å²) in [7, 11) is 0. The summed E-state index contributed by atoms with van der Waals surface area (Å²) in [6, 6.07) is 10.3. The van der Waals surface area contributed by atoms with Gasteiger partial charge in [0.25, 0.3) is 0 Å². The van der Waals surface area contributed by atoms with Gasteiger partial charge in [0.15, 0.2) is 0 Å². The zero-order valence-electron chi connectivity index (χ0n) is 11.6. The lowest BCUT2D eigenvalue weighted by atomic mass is 10.2. The fourth-order valence-corrected chi connectivity index (χ4v) is 2.85. The zero-order chi connectivity index (χ0) is 14.3. The molecule has 0 aliphatic rings. The van der Waals surface area contributed by atoms with E-state index in [-0.39, 0.29) is 0 Å². The minimum absolute atomic E-state index is 0.740. The minimum Gasteiger partial charge on any atom is -0.311 e. The smallest absolute Gasteiger partial charge is 0.123 e. The van der Waals surface area contributed by atoms with Gasteiger partial charge in [-0.05, 0) is 0 Å². The highest BCUT2D eigenvalue weighted by Gasteiger charge is 2.04. The Balaban J connectivity index is 1.49. The van der Waals surface area contributed by atoms with Crippen molar-refractivity contribution in [2.75, 3.05) is 6.54 Å². The number of benzene rings is 1. The van der Waals surface area contributed by atoms with Crippen LogP contribution in [0.1, 0.15) is 11.4 Å². The molecule has 4 nitrogen and oxygen atoms in total. The fourth-order valence-electron chi connectivity index (χ4n) is 1.99. The lowest BCUT2D eigenvalue weighted by Crippen LogP contribution is -2.17. The fraction of sp³-hybridized carbons (Fsp3) is 0.188. The van der Waals surface area contributed by atoms with Crippen LogP contribution in [0.25, 0.3) is 10.6 Å². The van der Waals surface area contributed by atoms with Crippen molar-refractivity contribution in [2.45, 2.75) is 13.0 Å². The third-order valence-corrected chi connectivity index (χ3v) is 3.99. The van der Waals surface area contributed by atoms with Gasteiger partial charge in [-0.1, -0.05) is 30.3 Å². The highest BCUT2D eigenvalue weighted by molar-refractivity contribution is 7.13. The highest BCUT2D eigenvalue weighted by Crippen LogP contribution is 2.23. The van der Waals surface area contributed by atoms with Crippen LogP contribution in [0.2, 0.25) is 0 Å². The van der Waals surface area contributed by atoms with E-state index in [4.69, 9.17) is 0 Å². The van der Waals surface area contributed by atoms with Crippen molar-refractivity contribution >= 4 is 11.3 Å². The van der Waals surface area contributed by atoms with Crippen LogP contribution < -0.4 is 5.32 Å². The van der Waals surface area contributed by atoms with Crippen molar-refractivity contribution in [3.8, 4) is 10.6 Å². The van der Waals surface area contributed by atoms with E-state index in [1.165, 1.54) is 5.56 Å². The molecule has 0 atom stereocenters. The summed E-state index contributed by atoms with van der Waals surface area (Å²) < 4.78 is 0. The summed E-state index contributed by atoms with van der Waals surface area (Å²) >= 11 is 1.70. The molecular formula is C16H16N4S. The first-order valence-electron chi connectivity index (χ1n) is 6.87. The lowest BCUT2D eigenvalue weighted by molar-refractivity contribution is 0.667. The maximum Gasteiger partial charge on any atom is 0.123 e. The number of hydrogen-bond donors (Lipinski definition) is 1. The number of rotatable bonds is 6. The Morgan fingerprint density at radius 3 is 2.76 bits per heavy atom. The predicted molar refractivity (Wildman–Crippen MR) is 85.0 cm³/mol. The van der Waals surface area contributed by atoms with Crippen LogP contribution in [0.5, 0.6) is 0 Å². The van der Waals surface area contributed by atoms with Crippen molar-refractivity contribution in [2.24, 2.45) is 0 Å². The van der Waals surface area contributed by atoms with Crippen LogP contribution in [-0.4, -0.2) is 21.5 Å². The summed E-state index contributed by atoms with van der Waals surface area (Å²) in [4.78, 5) is 12.9. The molecule has 0 radical (unpaired) electrons. The molecule has 0 fully saturated rings. The average molecular weight is 296 g/mol. The summed E-state index contributed by atoms with van der Waals surface area (Å²) in [5.41, 5.74) is 3.27. The first kappa shape index (κ1) is 13.9. The molecule has 3 rings (SSSR count). The van der Waals surface area contributed by atoms with E-state index in [9.17, 15) is 0 Å². The number of hydrogen-bond acceptors (Lipinski definition) is 5. The van der Waals surface area contributed by atoms with E-state index in [0.717, 1.165) is 35.9 Å². The second kappa shape index (κ2) is 7.06. The molecule has 0 amide bonds. The van der Waals surface area contributed by atoms with E-state index in [2.05, 4.69) is 37.8 Å². The van der Waals surface area contributed by atoms with E-state index >= 15 is 0 Å². The van der Waals surface area contributed by atoms with Crippen molar-refractivity contribution in [3.63, 3.8) is 0 Å². The SMILES string of the molecule is c1ccc(-c2nc(CCNCc3cnccn3)cs2)cc1. The monoisotopic (exact) mass is 296 g/mol. The van der Waals surface area contributed by atoms with Gasteiger partial charge in [0.1, 0.15) is 5.01 Å². The molecule has 1 N–H and O–H groups in total. The molecule has 0 bridgehead atoms. The molecule has 106 valence electrons. The topological polar surface area (TPSA) is 50.7 Å². The van der Waals surface area contributed by atoms with Crippen molar-refractivity contribution in [1.29, 1.82) is 0 Å². The van der Waals surface area contributed by atoms with Crippen molar-refractivity contribution in [1.82, 2.24) is 20.3 Å². The number of thiazole rings is 1. The van der Waals surface area contributed by atoms with Crippen molar-refractivity contribution in [3.05, 3.63) is 65.7 Å². The third kappa shape index (κ3) is 3.93. The normalized spacial score (nSPS) is 10.7. The summed E-state index contributed by atoms with van der Waals surface area (Å²) in [6.07, 6.45) is 6.10. The molecule has 0 spiro atoms. The van der Waals surface area contributed by atoms with Crippen LogP contribution in [-0.2, 0) is 13.0 Å². The first-order valence-corrected chi connectivity index (χ1v) is 7.75. The number of aromatic nitrogens is 3. The predicted octanol–water partition coefficient (Wildman–Crippen LogP) is 2.93. The van der Waals surface area contributed by atoms with Crippen LogP contribution >= 0.6 is 11.3 Å². The van der Waals surface area contributed by atoms with Gasteiger partial charge < -0.3 is 5.32 Å². The molecule has 1 aromatic carbocycles. The maximum absolute atomic E-state index is 4.68. The molecule has 5 heteroatoms. The maximum atomic E-state index is 4.68.